The van der Waals surface area contributed by atoms with Gasteiger partial charge in [-0.3, -0.25) is 19.2 Å². The van der Waals surface area contributed by atoms with Gasteiger partial charge in [-0.2, -0.15) is 0 Å². The summed E-state index contributed by atoms with van der Waals surface area (Å²) in [5.74, 6) is -2.09. The summed E-state index contributed by atoms with van der Waals surface area (Å²) in [5, 5.41) is 2.64. The van der Waals surface area contributed by atoms with Crippen molar-refractivity contribution in [2.75, 3.05) is 16.8 Å². The number of aryl methyl sites for hydroxylation is 1. The molecule has 41 heavy (non-hydrogen) atoms. The summed E-state index contributed by atoms with van der Waals surface area (Å²) in [4.78, 5) is 57.3. The van der Waals surface area contributed by atoms with Crippen LogP contribution in [-0.2, 0) is 14.4 Å². The molecule has 0 saturated carbocycles. The lowest BCUT2D eigenvalue weighted by Gasteiger charge is -2.31. The number of nitrogens with one attached hydrogen (secondary N) is 2. The number of rotatable bonds is 6. The molecule has 2 aliphatic rings. The quantitative estimate of drug-likeness (QED) is 0.235. The lowest BCUT2D eigenvalue weighted by molar-refractivity contribution is -0.122. The maximum absolute atomic E-state index is 14.0. The monoisotopic (exact) mass is 713 g/mol. The number of fused-ring (bicyclic) bond motifs is 2. The predicted octanol–water partition coefficient (Wildman–Crippen LogP) is 6.08. The third kappa shape index (κ3) is 5.41. The molecular weight excluding hydrogens is 694 g/mol. The van der Waals surface area contributed by atoms with Crippen molar-refractivity contribution < 1.29 is 19.1 Å². The molecule has 1 aromatic heterocycles. The number of aromatic amines is 1. The first kappa shape index (κ1) is 28.0. The molecule has 208 valence electrons. The molecule has 2 aliphatic heterocycles. The topological polar surface area (TPSA) is 109 Å². The molecule has 8 nitrogen and oxygen atoms in total. The third-order valence-electron chi connectivity index (χ3n) is 6.91. The van der Waals surface area contributed by atoms with Crippen LogP contribution in [-0.4, -0.2) is 34.6 Å². The van der Waals surface area contributed by atoms with Crippen molar-refractivity contribution in [3.8, 4) is 5.75 Å². The van der Waals surface area contributed by atoms with Gasteiger partial charge in [-0.25, -0.2) is 4.90 Å². The van der Waals surface area contributed by atoms with E-state index in [4.69, 9.17) is 4.74 Å². The van der Waals surface area contributed by atoms with E-state index in [2.05, 4.69) is 42.2 Å². The summed E-state index contributed by atoms with van der Waals surface area (Å²) in [7, 11) is 0. The number of thioether (sulfide) groups is 1. The van der Waals surface area contributed by atoms with Gasteiger partial charge in [0.15, 0.2) is 6.61 Å². The molecule has 12 heteroatoms. The van der Waals surface area contributed by atoms with Crippen molar-refractivity contribution in [2.45, 2.75) is 23.1 Å². The number of ether oxygens (including phenoxy) is 1. The van der Waals surface area contributed by atoms with Crippen LogP contribution in [0.5, 0.6) is 5.75 Å². The van der Waals surface area contributed by atoms with Crippen LogP contribution in [0.2, 0.25) is 0 Å². The molecule has 3 amide bonds. The van der Waals surface area contributed by atoms with Gasteiger partial charge in [0.25, 0.3) is 5.91 Å². The Kier molecular flexibility index (Phi) is 7.66. The lowest BCUT2D eigenvalue weighted by Crippen LogP contribution is -2.32. The van der Waals surface area contributed by atoms with Crippen molar-refractivity contribution in [1.82, 2.24) is 4.98 Å². The smallest absolute Gasteiger partial charge is 0.305 e. The van der Waals surface area contributed by atoms with Gasteiger partial charge in [0, 0.05) is 31.0 Å². The fraction of sp³-hybridized carbons (Fsp3) is 0.172. The fourth-order valence-corrected chi connectivity index (χ4v) is 8.22. The number of benzene rings is 3. The Balaban J connectivity index is 1.36. The van der Waals surface area contributed by atoms with Gasteiger partial charge in [-0.15, -0.1) is 0 Å². The van der Waals surface area contributed by atoms with Gasteiger partial charge < -0.3 is 15.0 Å². The zero-order chi connectivity index (χ0) is 28.8. The van der Waals surface area contributed by atoms with Crippen LogP contribution in [0.3, 0.4) is 0 Å². The highest BCUT2D eigenvalue weighted by Gasteiger charge is 2.56. The van der Waals surface area contributed by atoms with E-state index in [0.29, 0.717) is 32.6 Å². The van der Waals surface area contributed by atoms with E-state index in [0.717, 1.165) is 25.8 Å². The molecule has 2 N–H and O–H groups in total. The fourth-order valence-electron chi connectivity index (χ4n) is 5.07. The summed E-state index contributed by atoms with van der Waals surface area (Å²) in [6, 6.07) is 19.7. The predicted molar refractivity (Wildman–Crippen MR) is 166 cm³/mol. The van der Waals surface area contributed by atoms with Gasteiger partial charge in [0.1, 0.15) is 11.0 Å². The van der Waals surface area contributed by atoms with Gasteiger partial charge in [0.2, 0.25) is 11.8 Å². The minimum Gasteiger partial charge on any atom is -0.483 e. The molecule has 6 rings (SSSR count). The highest BCUT2D eigenvalue weighted by molar-refractivity contribution is 9.10. The van der Waals surface area contributed by atoms with Crippen molar-refractivity contribution in [3.63, 3.8) is 0 Å². The number of halogens is 2. The van der Waals surface area contributed by atoms with Crippen molar-refractivity contribution in [3.05, 3.63) is 101 Å². The van der Waals surface area contributed by atoms with Gasteiger partial charge in [-0.05, 0) is 61.5 Å². The van der Waals surface area contributed by atoms with Crippen LogP contribution >= 0.6 is 55.0 Å². The summed E-state index contributed by atoms with van der Waals surface area (Å²) < 4.78 is 7.57. The Bertz CT molecular complexity index is 1740. The molecule has 0 spiro atoms. The zero-order valence-electron chi connectivity index (χ0n) is 21.4. The second-order valence-corrected chi connectivity index (χ2v) is 13.6. The van der Waals surface area contributed by atoms with E-state index in [1.165, 1.54) is 16.7 Å². The number of carbonyl (C=O) groups excluding carboxylic acids is 3. The van der Waals surface area contributed by atoms with Crippen LogP contribution < -0.4 is 19.8 Å². The molecule has 3 unspecified atom stereocenters. The molecular formula is C29H21Br2N3O5S2. The Morgan fingerprint density at radius 1 is 0.976 bits per heavy atom. The van der Waals surface area contributed by atoms with Crippen molar-refractivity contribution >= 4 is 84.1 Å². The normalized spacial score (nSPS) is 19.6. The summed E-state index contributed by atoms with van der Waals surface area (Å²) in [5.41, 5.74) is 2.81. The van der Waals surface area contributed by atoms with Gasteiger partial charge in [0.05, 0.1) is 16.6 Å². The molecule has 0 radical (unpaired) electrons. The number of hydrogen-bond acceptors (Lipinski definition) is 7. The Morgan fingerprint density at radius 3 is 2.41 bits per heavy atom. The van der Waals surface area contributed by atoms with E-state index < -0.39 is 17.1 Å². The molecule has 3 heterocycles. The maximum Gasteiger partial charge on any atom is 0.305 e. The Hall–Kier alpha value is -3.19. The lowest BCUT2D eigenvalue weighted by atomic mass is 9.82. The van der Waals surface area contributed by atoms with Crippen molar-refractivity contribution in [1.29, 1.82) is 0 Å². The van der Waals surface area contributed by atoms with E-state index in [9.17, 15) is 19.2 Å². The Labute approximate surface area is 259 Å². The number of imide groups is 1. The first-order chi connectivity index (χ1) is 19.7. The Morgan fingerprint density at radius 2 is 1.68 bits per heavy atom. The minimum atomic E-state index is -0.784. The van der Waals surface area contributed by atoms with Gasteiger partial charge in [-0.1, -0.05) is 72.7 Å². The number of amides is 3. The van der Waals surface area contributed by atoms with Gasteiger partial charge >= 0.3 is 4.87 Å². The summed E-state index contributed by atoms with van der Waals surface area (Å²) in [6.45, 7) is 1.69. The molecule has 0 bridgehead atoms. The molecule has 1 saturated heterocycles. The van der Waals surface area contributed by atoms with Crippen LogP contribution in [0.1, 0.15) is 21.9 Å². The number of aromatic nitrogens is 1. The first-order valence-electron chi connectivity index (χ1n) is 12.5. The van der Waals surface area contributed by atoms with Crippen LogP contribution in [0, 0.1) is 12.8 Å². The molecule has 4 aromatic rings. The van der Waals surface area contributed by atoms with E-state index in [-0.39, 0.29) is 29.2 Å². The number of carbonyl (C=O) groups is 3. The molecule has 3 aromatic carbocycles. The standard InChI is InChI=1S/C29H21Br2N3O5S2/c1-14-2-7-17(8-3-14)32-21(35)13-39-20-11-6-16(31)12-19(20)22-23-25(40-26-24(22)41-29(38)33-26)28(37)34(27(23)36)18-9-4-15(30)5-10-18/h2-12,22-23,25H,13H2,1H3,(H,32,35)(H,33,38). The molecule has 3 atom stereocenters. The number of anilines is 2. The first-order valence-corrected chi connectivity index (χ1v) is 15.8. The van der Waals surface area contributed by atoms with Crippen LogP contribution in [0.15, 0.2) is 85.5 Å². The second-order valence-electron chi connectivity index (χ2n) is 9.62. The largest absolute Gasteiger partial charge is 0.483 e. The third-order valence-corrected chi connectivity index (χ3v) is 10.3. The highest BCUT2D eigenvalue weighted by Crippen LogP contribution is 2.54. The van der Waals surface area contributed by atoms with E-state index in [1.807, 2.05) is 37.3 Å². The second kappa shape index (κ2) is 11.2. The number of thiazole rings is 1. The van der Waals surface area contributed by atoms with E-state index >= 15 is 0 Å². The molecule has 1 fully saturated rings. The number of H-pyrrole nitrogens is 1. The number of hydrogen-bond donors (Lipinski definition) is 2. The highest BCUT2D eigenvalue weighted by atomic mass is 79.9. The SMILES string of the molecule is Cc1ccc(NC(=O)COc2ccc(Br)cc2C2c3sc(=O)[nH]c3SC3C(=O)N(c4ccc(Br)cc4)C(=O)C32)cc1. The van der Waals surface area contributed by atoms with Crippen molar-refractivity contribution in [2.24, 2.45) is 5.92 Å². The summed E-state index contributed by atoms with van der Waals surface area (Å²) >= 11 is 9.14. The average molecular weight is 715 g/mol. The average Bonchev–Trinajstić information content (AvgIpc) is 3.44. The number of nitrogens with zero attached hydrogens (tertiary/aromatic N) is 1. The zero-order valence-corrected chi connectivity index (χ0v) is 26.2. The summed E-state index contributed by atoms with van der Waals surface area (Å²) in [6.07, 6.45) is 0. The van der Waals surface area contributed by atoms with Crippen LogP contribution in [0.4, 0.5) is 11.4 Å². The van der Waals surface area contributed by atoms with Crippen LogP contribution in [0.25, 0.3) is 0 Å². The maximum atomic E-state index is 14.0. The minimum absolute atomic E-state index is 0.271. The van der Waals surface area contributed by atoms with E-state index in [1.54, 1.807) is 36.4 Å². The molecule has 0 aliphatic carbocycles.